The minimum absolute atomic E-state index is 0.0252. The van der Waals surface area contributed by atoms with E-state index in [-0.39, 0.29) is 53.2 Å². The summed E-state index contributed by atoms with van der Waals surface area (Å²) in [7, 11) is -10.0. The number of anilines is 2. The van der Waals surface area contributed by atoms with Crippen LogP contribution in [0, 0.1) is 0 Å². The van der Waals surface area contributed by atoms with Gasteiger partial charge in [-0.15, -0.1) is 5.10 Å². The third-order valence-electron chi connectivity index (χ3n) is 6.83. The van der Waals surface area contributed by atoms with Gasteiger partial charge in [0.05, 0.1) is 38.3 Å². The summed E-state index contributed by atoms with van der Waals surface area (Å²) in [5.41, 5.74) is 11.3. The van der Waals surface area contributed by atoms with Gasteiger partial charge in [0.15, 0.2) is 34.4 Å². The summed E-state index contributed by atoms with van der Waals surface area (Å²) in [6.07, 6.45) is -4.40. The first kappa shape index (κ1) is 30.6. The molecule has 6 heterocycles. The van der Waals surface area contributed by atoms with E-state index in [0.717, 1.165) is 11.0 Å². The Balaban J connectivity index is 1.14. The van der Waals surface area contributed by atoms with Crippen molar-refractivity contribution in [3.63, 3.8) is 0 Å². The predicted molar refractivity (Wildman–Crippen MR) is 142 cm³/mol. The van der Waals surface area contributed by atoms with E-state index in [1.54, 1.807) is 4.57 Å². The minimum Gasteiger partial charge on any atom is -0.385 e. The second-order valence-electron chi connectivity index (χ2n) is 9.76. The Morgan fingerprint density at radius 1 is 1.09 bits per heavy atom. The first-order valence-electron chi connectivity index (χ1n) is 12.6. The van der Waals surface area contributed by atoms with Gasteiger partial charge >= 0.3 is 15.6 Å². The zero-order valence-corrected chi connectivity index (χ0v) is 23.9. The van der Waals surface area contributed by atoms with Crippen LogP contribution in [0.2, 0.25) is 0 Å². The molecule has 2 aliphatic heterocycles. The quantitative estimate of drug-likeness (QED) is 0.0880. The summed E-state index contributed by atoms with van der Waals surface area (Å²) in [4.78, 5) is 59.2. The fraction of sp³-hybridized carbons (Fsp3) is 0.526. The Kier molecular flexibility index (Phi) is 7.96. The molecule has 4 aromatic rings. The topological polar surface area (TPSA) is 333 Å². The van der Waals surface area contributed by atoms with Crippen molar-refractivity contribution >= 4 is 49.7 Å². The van der Waals surface area contributed by atoms with Crippen molar-refractivity contribution < 1.29 is 52.0 Å². The number of rotatable bonds is 10. The molecule has 0 radical (unpaired) electrons. The summed E-state index contributed by atoms with van der Waals surface area (Å²) in [5, 5.41) is 18.7. The normalized spacial score (nSPS) is 27.4. The first-order chi connectivity index (χ1) is 20.8. The smallest absolute Gasteiger partial charge is 0.385 e. The van der Waals surface area contributed by atoms with Crippen molar-refractivity contribution in [2.45, 2.75) is 43.1 Å². The van der Waals surface area contributed by atoms with Crippen LogP contribution in [-0.4, -0.2) is 109 Å². The monoisotopic (exact) mass is 661 g/mol. The van der Waals surface area contributed by atoms with E-state index >= 15 is 0 Å². The maximum Gasteiger partial charge on any atom is 0.472 e. The summed E-state index contributed by atoms with van der Waals surface area (Å²) in [6.45, 7) is -1.17. The number of hydrogen-bond acceptors (Lipinski definition) is 17. The third-order valence-corrected chi connectivity index (χ3v) is 8.30. The Labute approximate surface area is 243 Å². The van der Waals surface area contributed by atoms with E-state index in [0.29, 0.717) is 0 Å². The highest BCUT2D eigenvalue weighted by molar-refractivity contribution is 7.47. The molecule has 2 aliphatic rings. The van der Waals surface area contributed by atoms with Crippen LogP contribution < -0.4 is 17.0 Å². The molecular formula is C19H25N11O12P2. The van der Waals surface area contributed by atoms with Gasteiger partial charge in [0.1, 0.15) is 24.6 Å². The highest BCUT2D eigenvalue weighted by Gasteiger charge is 2.50. The minimum atomic E-state index is -5.02. The van der Waals surface area contributed by atoms with E-state index in [4.69, 9.17) is 39.8 Å². The molecule has 0 bridgehead atoms. The van der Waals surface area contributed by atoms with Crippen LogP contribution >= 0.6 is 15.6 Å². The Morgan fingerprint density at radius 2 is 1.89 bits per heavy atom. The van der Waals surface area contributed by atoms with Crippen LogP contribution in [0.4, 0.5) is 11.8 Å². The summed E-state index contributed by atoms with van der Waals surface area (Å²) >= 11 is 0. The van der Waals surface area contributed by atoms with E-state index in [1.165, 1.54) is 6.33 Å². The van der Waals surface area contributed by atoms with Crippen molar-refractivity contribution in [1.82, 2.24) is 44.5 Å². The van der Waals surface area contributed by atoms with Crippen LogP contribution in [0.1, 0.15) is 18.7 Å². The van der Waals surface area contributed by atoms with E-state index in [2.05, 4.69) is 39.8 Å². The van der Waals surface area contributed by atoms with E-state index in [9.17, 15) is 23.9 Å². The second kappa shape index (κ2) is 11.5. The lowest BCUT2D eigenvalue weighted by atomic mass is 10.1. The number of ether oxygens (including phenoxy) is 2. The van der Waals surface area contributed by atoms with Gasteiger partial charge in [0.25, 0.3) is 5.56 Å². The number of phosphoric acid groups is 2. The van der Waals surface area contributed by atoms with Crippen LogP contribution in [0.25, 0.3) is 22.3 Å². The van der Waals surface area contributed by atoms with Crippen molar-refractivity contribution in [2.24, 2.45) is 0 Å². The number of aromatic nitrogens is 9. The van der Waals surface area contributed by atoms with Crippen molar-refractivity contribution in [1.29, 1.82) is 0 Å². The Bertz CT molecular complexity index is 1840. The highest BCUT2D eigenvalue weighted by Crippen LogP contribution is 2.50. The molecule has 0 aromatic carbocycles. The van der Waals surface area contributed by atoms with Crippen LogP contribution in [0.3, 0.4) is 0 Å². The molecule has 0 spiro atoms. The lowest BCUT2D eigenvalue weighted by Crippen LogP contribution is -2.36. The number of aliphatic hydroxyl groups excluding tert-OH is 1. The average Bonchev–Trinajstić information content (AvgIpc) is 3.73. The molecule has 23 nitrogen and oxygen atoms in total. The van der Waals surface area contributed by atoms with Gasteiger partial charge in [-0.3, -0.25) is 23.3 Å². The molecule has 2 saturated heterocycles. The Hall–Kier alpha value is -3.47. The molecule has 7 atom stereocenters. The number of fused-ring (bicyclic) bond motifs is 2. The maximum absolute atomic E-state index is 13.0. The summed E-state index contributed by atoms with van der Waals surface area (Å²) in [6, 6.07) is -0.364. The van der Waals surface area contributed by atoms with Crippen LogP contribution in [0.15, 0.2) is 17.4 Å². The lowest BCUT2D eigenvalue weighted by molar-refractivity contribution is -0.0569. The molecule has 44 heavy (non-hydrogen) atoms. The molecule has 9 N–H and O–H groups in total. The number of nitrogens with zero attached hydrogens (tertiary/aromatic N) is 8. The van der Waals surface area contributed by atoms with Gasteiger partial charge in [0.2, 0.25) is 5.95 Å². The molecule has 0 amide bonds. The number of phosphoric ester groups is 2. The average molecular weight is 661 g/mol. The van der Waals surface area contributed by atoms with E-state index < -0.39 is 65.1 Å². The van der Waals surface area contributed by atoms with Gasteiger partial charge in [-0.1, -0.05) is 5.21 Å². The molecule has 6 rings (SSSR count). The number of imidazole rings is 1. The zero-order chi connectivity index (χ0) is 31.4. The molecule has 4 aromatic heterocycles. The van der Waals surface area contributed by atoms with E-state index in [1.807, 2.05) is 0 Å². The highest BCUT2D eigenvalue weighted by atomic mass is 31.2. The van der Waals surface area contributed by atoms with Gasteiger partial charge in [0, 0.05) is 0 Å². The fourth-order valence-corrected chi connectivity index (χ4v) is 6.20. The van der Waals surface area contributed by atoms with Gasteiger partial charge < -0.3 is 45.3 Å². The molecular weight excluding hydrogens is 636 g/mol. The Morgan fingerprint density at radius 3 is 2.66 bits per heavy atom. The standard InChI is InChI=1S/C19H25N11O12P2/c20-14-10-15(23-5-22-14)30(28-27-10)18-12(31)13(9(41-18)4-39-43(33,34)35)42-44(36,37)40-3-8-1-7(2-38-8)29-6-24-11-16(29)25-19(21)26-17(11)32/h5-9,12-13,18,31H,1-4H2,(H,36,37)(H2,20,22,23)(H2,33,34,35)(H3,21,25,26,32)/t7?,8-,9+,12+,13+,18+/m0/s1. The number of hydrogen-bond donors (Lipinski definition) is 7. The molecule has 0 saturated carbocycles. The van der Waals surface area contributed by atoms with Crippen molar-refractivity contribution in [3.8, 4) is 0 Å². The summed E-state index contributed by atoms with van der Waals surface area (Å²) in [5.74, 6) is -0.122. The molecule has 0 aliphatic carbocycles. The van der Waals surface area contributed by atoms with Crippen molar-refractivity contribution in [2.75, 3.05) is 31.3 Å². The third kappa shape index (κ3) is 6.07. The van der Waals surface area contributed by atoms with Crippen LogP contribution in [-0.2, 0) is 32.2 Å². The number of H-pyrrole nitrogens is 1. The molecule has 2 fully saturated rings. The largest absolute Gasteiger partial charge is 0.472 e. The fourth-order valence-electron chi connectivity index (χ4n) is 4.88. The van der Waals surface area contributed by atoms with Gasteiger partial charge in [-0.2, -0.15) is 9.67 Å². The molecule has 238 valence electrons. The van der Waals surface area contributed by atoms with Gasteiger partial charge in [-0.25, -0.2) is 24.1 Å². The summed E-state index contributed by atoms with van der Waals surface area (Å²) < 4.78 is 53.1. The number of nitrogen functional groups attached to an aromatic ring is 2. The lowest BCUT2D eigenvalue weighted by Gasteiger charge is -2.23. The molecule has 2 unspecified atom stereocenters. The number of nitrogens with one attached hydrogen (secondary N) is 1. The number of aromatic amines is 1. The maximum atomic E-state index is 13.0. The van der Waals surface area contributed by atoms with Crippen LogP contribution in [0.5, 0.6) is 0 Å². The van der Waals surface area contributed by atoms with Gasteiger partial charge in [-0.05, 0) is 6.42 Å². The first-order valence-corrected chi connectivity index (χ1v) is 15.7. The SMILES string of the molecule is Nc1nc2c(ncn2C2CO[C@H](COP(=O)(O)O[C@H]3[C@@H](O)[C@H](n4nnc5c(N)ncnc54)O[C@@H]3COP(=O)(O)O)C2)c(=O)[nH]1. The number of aliphatic hydroxyl groups is 1. The van der Waals surface area contributed by atoms with Crippen molar-refractivity contribution in [3.05, 3.63) is 23.0 Å². The number of nitrogens with two attached hydrogens (primary N) is 2. The molecule has 25 heteroatoms. The second-order valence-corrected chi connectivity index (χ2v) is 12.4. The predicted octanol–water partition coefficient (Wildman–Crippen LogP) is -2.28. The zero-order valence-electron chi connectivity index (χ0n) is 22.1.